The summed E-state index contributed by atoms with van der Waals surface area (Å²) in [7, 11) is 1.85. The first-order chi connectivity index (χ1) is 10.1. The predicted octanol–water partition coefficient (Wildman–Crippen LogP) is -0.122. The van der Waals surface area contributed by atoms with Crippen LogP contribution in [0.15, 0.2) is 12.5 Å². The summed E-state index contributed by atoms with van der Waals surface area (Å²) in [6, 6.07) is 0.140. The van der Waals surface area contributed by atoms with Crippen molar-refractivity contribution in [2.24, 2.45) is 7.05 Å². The molecule has 122 valence electrons. The van der Waals surface area contributed by atoms with Gasteiger partial charge in [-0.2, -0.15) is 0 Å². The fourth-order valence-corrected chi connectivity index (χ4v) is 3.09. The highest BCUT2D eigenvalue weighted by Gasteiger charge is 2.32. The average molecular weight is 328 g/mol. The molecule has 2 aliphatic rings. The average Bonchev–Trinajstić information content (AvgIpc) is 2.94. The zero-order chi connectivity index (χ0) is 14.8. The number of imidazole rings is 1. The molecule has 22 heavy (non-hydrogen) atoms. The molecule has 2 aliphatic heterocycles. The van der Waals surface area contributed by atoms with Crippen molar-refractivity contribution in [2.75, 3.05) is 32.7 Å². The normalized spacial score (nSPS) is 22.4. The largest absolute Gasteiger partial charge is 0.340 e. The zero-order valence-electron chi connectivity index (χ0n) is 12.7. The maximum Gasteiger partial charge on any atom is 0.274 e. The lowest BCUT2D eigenvalue weighted by atomic mass is 10.0. The van der Waals surface area contributed by atoms with Gasteiger partial charge in [-0.25, -0.2) is 4.98 Å². The van der Waals surface area contributed by atoms with Gasteiger partial charge in [-0.1, -0.05) is 0 Å². The molecule has 0 radical (unpaired) electrons. The number of aromatic nitrogens is 2. The zero-order valence-corrected chi connectivity index (χ0v) is 13.5. The molecule has 0 bridgehead atoms. The number of amides is 2. The second kappa shape index (κ2) is 7.11. The number of hydrogen-bond donors (Lipinski definition) is 1. The van der Waals surface area contributed by atoms with Gasteiger partial charge in [0.15, 0.2) is 0 Å². The number of halogens is 1. The summed E-state index contributed by atoms with van der Waals surface area (Å²) in [4.78, 5) is 32.3. The number of nitrogens with zero attached hydrogens (tertiary/aromatic N) is 4. The van der Waals surface area contributed by atoms with Gasteiger partial charge >= 0.3 is 0 Å². The SMILES string of the molecule is Cl.Cn1cnc(C(=O)N2CCCC(N3CCNCC3=O)C2)c1. The molecule has 2 amide bonds. The topological polar surface area (TPSA) is 70.5 Å². The van der Waals surface area contributed by atoms with Crippen LogP contribution in [0, 0.1) is 0 Å². The minimum atomic E-state index is -0.0390. The van der Waals surface area contributed by atoms with Crippen LogP contribution in [0.2, 0.25) is 0 Å². The third kappa shape index (κ3) is 3.41. The van der Waals surface area contributed by atoms with Crippen molar-refractivity contribution >= 4 is 24.2 Å². The molecule has 3 rings (SSSR count). The van der Waals surface area contributed by atoms with E-state index >= 15 is 0 Å². The Kier molecular flexibility index (Phi) is 5.42. The third-order valence-electron chi connectivity index (χ3n) is 4.17. The summed E-state index contributed by atoms with van der Waals surface area (Å²) in [5, 5.41) is 3.08. The Morgan fingerprint density at radius 1 is 1.41 bits per heavy atom. The highest BCUT2D eigenvalue weighted by atomic mass is 35.5. The van der Waals surface area contributed by atoms with E-state index in [0.29, 0.717) is 18.8 Å². The number of piperazine rings is 1. The highest BCUT2D eigenvalue weighted by molar-refractivity contribution is 5.92. The molecule has 1 aromatic heterocycles. The Morgan fingerprint density at radius 3 is 2.91 bits per heavy atom. The third-order valence-corrected chi connectivity index (χ3v) is 4.17. The van der Waals surface area contributed by atoms with Crippen LogP contribution >= 0.6 is 12.4 Å². The summed E-state index contributed by atoms with van der Waals surface area (Å²) >= 11 is 0. The summed E-state index contributed by atoms with van der Waals surface area (Å²) in [5.74, 6) is 0.0984. The van der Waals surface area contributed by atoms with Gasteiger partial charge in [0.2, 0.25) is 5.91 Å². The number of nitrogens with one attached hydrogen (secondary N) is 1. The van der Waals surface area contributed by atoms with Crippen molar-refractivity contribution in [3.63, 3.8) is 0 Å². The number of rotatable bonds is 2. The Balaban J connectivity index is 0.00000176. The van der Waals surface area contributed by atoms with Crippen LogP contribution in [0.4, 0.5) is 0 Å². The van der Waals surface area contributed by atoms with Crippen LogP contribution in [-0.2, 0) is 11.8 Å². The van der Waals surface area contributed by atoms with Gasteiger partial charge in [-0.3, -0.25) is 9.59 Å². The van der Waals surface area contributed by atoms with Crippen LogP contribution in [0.25, 0.3) is 0 Å². The smallest absolute Gasteiger partial charge is 0.274 e. The maximum absolute atomic E-state index is 12.5. The molecule has 3 heterocycles. The van der Waals surface area contributed by atoms with Crippen molar-refractivity contribution < 1.29 is 9.59 Å². The lowest BCUT2D eigenvalue weighted by Gasteiger charge is -2.40. The highest BCUT2D eigenvalue weighted by Crippen LogP contribution is 2.18. The minimum absolute atomic E-state index is 0. The van der Waals surface area contributed by atoms with Gasteiger partial charge < -0.3 is 19.7 Å². The molecule has 1 unspecified atom stereocenters. The molecule has 1 aromatic rings. The van der Waals surface area contributed by atoms with Gasteiger partial charge in [-0.05, 0) is 12.8 Å². The van der Waals surface area contributed by atoms with Crippen molar-refractivity contribution in [3.8, 4) is 0 Å². The molecule has 0 saturated carbocycles. The first kappa shape index (κ1) is 16.8. The molecule has 0 aromatic carbocycles. The number of piperidine rings is 1. The molecule has 8 heteroatoms. The van der Waals surface area contributed by atoms with Crippen molar-refractivity contribution in [1.82, 2.24) is 24.7 Å². The van der Waals surface area contributed by atoms with E-state index in [1.807, 2.05) is 16.8 Å². The van der Waals surface area contributed by atoms with Gasteiger partial charge in [0.25, 0.3) is 5.91 Å². The summed E-state index contributed by atoms with van der Waals surface area (Å²) in [5.41, 5.74) is 0.477. The molecule has 0 spiro atoms. The first-order valence-electron chi connectivity index (χ1n) is 7.42. The number of carbonyl (C=O) groups excluding carboxylic acids is 2. The Bertz CT molecular complexity index is 547. The summed E-state index contributed by atoms with van der Waals surface area (Å²) in [6.07, 6.45) is 5.27. The number of carbonyl (C=O) groups is 2. The van der Waals surface area contributed by atoms with E-state index in [9.17, 15) is 9.59 Å². The van der Waals surface area contributed by atoms with Crippen LogP contribution in [0.5, 0.6) is 0 Å². The maximum atomic E-state index is 12.5. The second-order valence-corrected chi connectivity index (χ2v) is 5.74. The molecule has 2 fully saturated rings. The number of likely N-dealkylation sites (tertiary alicyclic amines) is 1. The van der Waals surface area contributed by atoms with Gasteiger partial charge in [0.05, 0.1) is 12.9 Å². The van der Waals surface area contributed by atoms with Crippen molar-refractivity contribution in [2.45, 2.75) is 18.9 Å². The van der Waals surface area contributed by atoms with E-state index in [-0.39, 0.29) is 30.3 Å². The van der Waals surface area contributed by atoms with E-state index in [2.05, 4.69) is 10.3 Å². The van der Waals surface area contributed by atoms with Crippen molar-refractivity contribution in [1.29, 1.82) is 0 Å². The van der Waals surface area contributed by atoms with E-state index in [4.69, 9.17) is 0 Å². The quantitative estimate of drug-likeness (QED) is 0.822. The van der Waals surface area contributed by atoms with E-state index in [0.717, 1.165) is 32.5 Å². The minimum Gasteiger partial charge on any atom is -0.340 e. The Morgan fingerprint density at radius 2 is 2.23 bits per heavy atom. The molecule has 1 atom stereocenters. The first-order valence-corrected chi connectivity index (χ1v) is 7.42. The second-order valence-electron chi connectivity index (χ2n) is 5.74. The van der Waals surface area contributed by atoms with E-state index < -0.39 is 0 Å². The van der Waals surface area contributed by atoms with E-state index in [1.165, 1.54) is 0 Å². The molecule has 2 saturated heterocycles. The van der Waals surface area contributed by atoms with Gasteiger partial charge in [0, 0.05) is 45.5 Å². The molecule has 0 aliphatic carbocycles. The fourth-order valence-electron chi connectivity index (χ4n) is 3.09. The Labute approximate surface area is 136 Å². The lowest BCUT2D eigenvalue weighted by Crippen LogP contribution is -2.57. The standard InChI is InChI=1S/C14H21N5O2.ClH/c1-17-9-12(16-10-17)14(21)18-5-2-3-11(8-18)19-6-4-15-7-13(19)20;/h9-11,15H,2-8H2,1H3;1H. The van der Waals surface area contributed by atoms with Crippen LogP contribution in [0.1, 0.15) is 23.3 Å². The predicted molar refractivity (Wildman–Crippen MR) is 84.0 cm³/mol. The van der Waals surface area contributed by atoms with Crippen LogP contribution in [-0.4, -0.2) is 69.9 Å². The van der Waals surface area contributed by atoms with Crippen LogP contribution in [0.3, 0.4) is 0 Å². The van der Waals surface area contributed by atoms with Crippen molar-refractivity contribution in [3.05, 3.63) is 18.2 Å². The van der Waals surface area contributed by atoms with Gasteiger partial charge in [-0.15, -0.1) is 12.4 Å². The van der Waals surface area contributed by atoms with E-state index in [1.54, 1.807) is 17.1 Å². The summed E-state index contributed by atoms with van der Waals surface area (Å²) in [6.45, 7) is 3.32. The molecule has 1 N–H and O–H groups in total. The Hall–Kier alpha value is -1.60. The molecular formula is C14H22ClN5O2. The lowest BCUT2D eigenvalue weighted by molar-refractivity contribution is -0.135. The number of hydrogen-bond acceptors (Lipinski definition) is 4. The molecular weight excluding hydrogens is 306 g/mol. The monoisotopic (exact) mass is 327 g/mol. The number of aryl methyl sites for hydroxylation is 1. The van der Waals surface area contributed by atoms with Crippen LogP contribution < -0.4 is 5.32 Å². The fraction of sp³-hybridized carbons (Fsp3) is 0.643. The van der Waals surface area contributed by atoms with Gasteiger partial charge in [0.1, 0.15) is 5.69 Å². The summed E-state index contributed by atoms with van der Waals surface area (Å²) < 4.78 is 1.77. The molecule has 7 nitrogen and oxygen atoms in total.